The Bertz CT molecular complexity index is 927. The fourth-order valence-electron chi connectivity index (χ4n) is 2.58. The number of rotatable bonds is 8. The number of hydrogen-bond acceptors (Lipinski definition) is 3. The van der Waals surface area contributed by atoms with Gasteiger partial charge in [0.15, 0.2) is 0 Å². The van der Waals surface area contributed by atoms with Gasteiger partial charge in [-0.1, -0.05) is 24.3 Å². The van der Waals surface area contributed by atoms with Crippen LogP contribution in [0.4, 0.5) is 27.6 Å². The zero-order valence-corrected chi connectivity index (χ0v) is 16.3. The molecule has 0 aliphatic heterocycles. The number of carbonyl (C=O) groups is 2. The molecule has 2 amide bonds. The van der Waals surface area contributed by atoms with E-state index in [1.54, 1.807) is 6.92 Å². The fourth-order valence-corrected chi connectivity index (χ4v) is 2.58. The van der Waals surface area contributed by atoms with Crippen LogP contribution in [0.15, 0.2) is 54.6 Å². The molecule has 31 heavy (non-hydrogen) atoms. The van der Waals surface area contributed by atoms with Crippen LogP contribution in [0.3, 0.4) is 0 Å². The molecule has 0 aliphatic rings. The van der Waals surface area contributed by atoms with Gasteiger partial charge in [-0.05, 0) is 42.8 Å². The number of likely N-dealkylation sites (N-methyl/N-ethyl adjacent to an activating group) is 1. The lowest BCUT2D eigenvalue weighted by molar-refractivity contribution is -0.137. The normalized spacial score (nSPS) is 11.6. The van der Waals surface area contributed by atoms with Gasteiger partial charge in [0.2, 0.25) is 11.8 Å². The smallest absolute Gasteiger partial charge is 0.418 e. The monoisotopic (exact) mass is 442 g/mol. The van der Waals surface area contributed by atoms with Gasteiger partial charge in [-0.15, -0.1) is 0 Å². The molecule has 0 bridgehead atoms. The molecular formula is C21H19F5N2O3. The number of nitrogens with zero attached hydrogens (tertiary/aromatic N) is 1. The highest BCUT2D eigenvalue weighted by molar-refractivity contribution is 5.98. The topological polar surface area (TPSA) is 58.6 Å². The summed E-state index contributed by atoms with van der Waals surface area (Å²) < 4.78 is 67.6. The number of amides is 2. The highest BCUT2D eigenvalue weighted by Crippen LogP contribution is 2.34. The zero-order valence-electron chi connectivity index (χ0n) is 16.3. The molecule has 2 aromatic rings. The van der Waals surface area contributed by atoms with Gasteiger partial charge in [-0.2, -0.15) is 22.0 Å². The standard InChI is InChI=1S/C21H19F5N2O3/c1-2-28(13-18(29)27-17-6-4-3-5-16(17)21(24,25)26)19(30)12-9-14-7-10-15(11-8-14)31-20(22)23/h3-12,20H,2,13H2,1H3,(H,27,29)/b12-9+. The summed E-state index contributed by atoms with van der Waals surface area (Å²) in [6.45, 7) is -1.65. The molecule has 1 N–H and O–H groups in total. The van der Waals surface area contributed by atoms with Crippen LogP contribution in [-0.4, -0.2) is 36.4 Å². The summed E-state index contributed by atoms with van der Waals surface area (Å²) in [5.41, 5.74) is -0.864. The predicted molar refractivity (Wildman–Crippen MR) is 104 cm³/mol. The van der Waals surface area contributed by atoms with Crippen molar-refractivity contribution in [2.45, 2.75) is 19.7 Å². The molecule has 0 atom stereocenters. The third-order valence-electron chi connectivity index (χ3n) is 4.06. The Labute approximate surface area is 175 Å². The number of alkyl halides is 5. The second kappa shape index (κ2) is 10.6. The molecule has 166 valence electrons. The first-order chi connectivity index (χ1) is 14.6. The van der Waals surface area contributed by atoms with Crippen molar-refractivity contribution in [1.82, 2.24) is 4.90 Å². The van der Waals surface area contributed by atoms with E-state index in [4.69, 9.17) is 0 Å². The van der Waals surface area contributed by atoms with E-state index in [0.29, 0.717) is 5.56 Å². The number of halogens is 5. The summed E-state index contributed by atoms with van der Waals surface area (Å²) in [4.78, 5) is 25.7. The van der Waals surface area contributed by atoms with Crippen molar-refractivity contribution in [3.8, 4) is 5.75 Å². The highest BCUT2D eigenvalue weighted by Gasteiger charge is 2.33. The Kier molecular flexibility index (Phi) is 8.12. The third-order valence-corrected chi connectivity index (χ3v) is 4.06. The second-order valence-corrected chi connectivity index (χ2v) is 6.22. The first-order valence-corrected chi connectivity index (χ1v) is 9.08. The molecule has 2 rings (SSSR count). The molecule has 5 nitrogen and oxygen atoms in total. The third kappa shape index (κ3) is 7.40. The Morgan fingerprint density at radius 3 is 2.32 bits per heavy atom. The first-order valence-electron chi connectivity index (χ1n) is 9.08. The maximum Gasteiger partial charge on any atom is 0.418 e. The van der Waals surface area contributed by atoms with Crippen LogP contribution in [-0.2, 0) is 15.8 Å². The summed E-state index contributed by atoms with van der Waals surface area (Å²) in [6.07, 6.45) is -2.06. The van der Waals surface area contributed by atoms with Gasteiger partial charge in [0.25, 0.3) is 0 Å². The Morgan fingerprint density at radius 1 is 1.10 bits per heavy atom. The molecule has 0 spiro atoms. The van der Waals surface area contributed by atoms with Crippen LogP contribution in [0, 0.1) is 0 Å². The summed E-state index contributed by atoms with van der Waals surface area (Å²) in [7, 11) is 0. The first kappa shape index (κ1) is 23.8. The molecule has 0 saturated heterocycles. The molecule has 10 heteroatoms. The van der Waals surface area contributed by atoms with Crippen molar-refractivity contribution < 1.29 is 36.3 Å². The summed E-state index contributed by atoms with van der Waals surface area (Å²) >= 11 is 0. The van der Waals surface area contributed by atoms with Crippen LogP contribution in [0.2, 0.25) is 0 Å². The van der Waals surface area contributed by atoms with E-state index in [9.17, 15) is 31.5 Å². The van der Waals surface area contributed by atoms with E-state index >= 15 is 0 Å². The van der Waals surface area contributed by atoms with Gasteiger partial charge in [0.05, 0.1) is 11.3 Å². The molecule has 0 aromatic heterocycles. The van der Waals surface area contributed by atoms with Gasteiger partial charge in [-0.3, -0.25) is 9.59 Å². The Hall–Kier alpha value is -3.43. The second-order valence-electron chi connectivity index (χ2n) is 6.22. The maximum absolute atomic E-state index is 13.0. The van der Waals surface area contributed by atoms with E-state index in [1.807, 2.05) is 0 Å². The lowest BCUT2D eigenvalue weighted by Gasteiger charge is -2.19. The minimum atomic E-state index is -4.64. The molecule has 0 aliphatic carbocycles. The summed E-state index contributed by atoms with van der Waals surface area (Å²) in [6, 6.07) is 10.1. The van der Waals surface area contributed by atoms with Crippen molar-refractivity contribution in [1.29, 1.82) is 0 Å². The summed E-state index contributed by atoms with van der Waals surface area (Å²) in [5.74, 6) is -1.37. The van der Waals surface area contributed by atoms with Crippen LogP contribution in [0.1, 0.15) is 18.1 Å². The van der Waals surface area contributed by atoms with E-state index in [0.717, 1.165) is 17.0 Å². The van der Waals surface area contributed by atoms with Crippen LogP contribution < -0.4 is 10.1 Å². The SMILES string of the molecule is CCN(CC(=O)Nc1ccccc1C(F)(F)F)C(=O)/C=C/c1ccc(OC(F)F)cc1. The number of para-hydroxylation sites is 1. The van der Waals surface area contributed by atoms with Crippen molar-refractivity contribution in [2.24, 2.45) is 0 Å². The number of anilines is 1. The van der Waals surface area contributed by atoms with E-state index in [-0.39, 0.29) is 12.3 Å². The summed E-state index contributed by atoms with van der Waals surface area (Å²) in [5, 5.41) is 2.18. The van der Waals surface area contributed by atoms with Crippen molar-refractivity contribution >= 4 is 23.6 Å². The Morgan fingerprint density at radius 2 is 1.74 bits per heavy atom. The molecule has 0 fully saturated rings. The van der Waals surface area contributed by atoms with E-state index in [2.05, 4.69) is 10.1 Å². The molecule has 0 radical (unpaired) electrons. The predicted octanol–water partition coefficient (Wildman–Crippen LogP) is 4.81. The number of carbonyl (C=O) groups excluding carboxylic acids is 2. The minimum absolute atomic E-state index is 0.0375. The molecular weight excluding hydrogens is 423 g/mol. The quantitative estimate of drug-likeness (QED) is 0.472. The lowest BCUT2D eigenvalue weighted by Crippen LogP contribution is -2.37. The van der Waals surface area contributed by atoms with Crippen molar-refractivity contribution in [3.05, 3.63) is 65.7 Å². The van der Waals surface area contributed by atoms with Crippen molar-refractivity contribution in [3.63, 3.8) is 0 Å². The van der Waals surface area contributed by atoms with E-state index in [1.165, 1.54) is 48.6 Å². The van der Waals surface area contributed by atoms with Gasteiger partial charge in [-0.25, -0.2) is 0 Å². The molecule has 0 saturated carbocycles. The minimum Gasteiger partial charge on any atom is -0.435 e. The van der Waals surface area contributed by atoms with Gasteiger partial charge in [0, 0.05) is 12.6 Å². The van der Waals surface area contributed by atoms with Crippen molar-refractivity contribution in [2.75, 3.05) is 18.4 Å². The Balaban J connectivity index is 2.00. The highest BCUT2D eigenvalue weighted by atomic mass is 19.4. The van der Waals surface area contributed by atoms with E-state index < -0.39 is 42.4 Å². The van der Waals surface area contributed by atoms with Crippen LogP contribution in [0.25, 0.3) is 6.08 Å². The maximum atomic E-state index is 13.0. The largest absolute Gasteiger partial charge is 0.435 e. The average molecular weight is 442 g/mol. The zero-order chi connectivity index (χ0) is 23.0. The molecule has 0 unspecified atom stereocenters. The average Bonchev–Trinajstić information content (AvgIpc) is 2.70. The van der Waals surface area contributed by atoms with Crippen LogP contribution in [0.5, 0.6) is 5.75 Å². The van der Waals surface area contributed by atoms with Gasteiger partial charge >= 0.3 is 12.8 Å². The number of hydrogen-bond donors (Lipinski definition) is 1. The van der Waals surface area contributed by atoms with Gasteiger partial charge in [0.1, 0.15) is 12.3 Å². The molecule has 0 heterocycles. The lowest BCUT2D eigenvalue weighted by atomic mass is 10.1. The van der Waals surface area contributed by atoms with Crippen LogP contribution >= 0.6 is 0 Å². The number of nitrogens with one attached hydrogen (secondary N) is 1. The molecule has 2 aromatic carbocycles. The number of ether oxygens (including phenoxy) is 1. The fraction of sp³-hybridized carbons (Fsp3) is 0.238. The van der Waals surface area contributed by atoms with Gasteiger partial charge < -0.3 is 15.0 Å². The number of benzene rings is 2.